The third-order valence-corrected chi connectivity index (χ3v) is 3.35. The van der Waals surface area contributed by atoms with Crippen molar-refractivity contribution in [1.82, 2.24) is 0 Å². The molecule has 0 heterocycles. The van der Waals surface area contributed by atoms with Crippen molar-refractivity contribution in [1.29, 1.82) is 0 Å². The molecule has 1 aromatic carbocycles. The van der Waals surface area contributed by atoms with Crippen LogP contribution in [0.5, 0.6) is 0 Å². The third kappa shape index (κ3) is 4.08. The molecule has 1 aromatic rings. The average Bonchev–Trinajstić information content (AvgIpc) is 2.40. The summed E-state index contributed by atoms with van der Waals surface area (Å²) in [7, 11) is 0. The first-order valence-corrected chi connectivity index (χ1v) is 6.67. The summed E-state index contributed by atoms with van der Waals surface area (Å²) < 4.78 is 39.3. The van der Waals surface area contributed by atoms with E-state index in [1.807, 2.05) is 6.92 Å². The molecule has 0 saturated heterocycles. The molecule has 0 aliphatic heterocycles. The molecule has 0 radical (unpaired) electrons. The molecule has 0 aliphatic carbocycles. The van der Waals surface area contributed by atoms with Crippen molar-refractivity contribution in [3.8, 4) is 0 Å². The van der Waals surface area contributed by atoms with Gasteiger partial charge in [-0.25, -0.2) is 13.2 Å². The lowest BCUT2D eigenvalue weighted by Gasteiger charge is -2.13. The fraction of sp³-hybridized carbons (Fsp3) is 0.533. The number of Topliss-reactive ketones (excluding diaryl/α,β-unsaturated/α-hetero) is 1. The first-order chi connectivity index (χ1) is 9.01. The summed E-state index contributed by atoms with van der Waals surface area (Å²) in [5, 5.41) is 0. The van der Waals surface area contributed by atoms with Gasteiger partial charge in [-0.3, -0.25) is 4.79 Å². The van der Waals surface area contributed by atoms with E-state index in [0.29, 0.717) is 0 Å². The highest BCUT2D eigenvalue weighted by atomic mass is 19.2. The van der Waals surface area contributed by atoms with Gasteiger partial charge in [-0.05, 0) is 18.1 Å². The van der Waals surface area contributed by atoms with Crippen LogP contribution in [0.25, 0.3) is 0 Å². The zero-order valence-electron chi connectivity index (χ0n) is 11.3. The van der Waals surface area contributed by atoms with Crippen LogP contribution < -0.4 is 0 Å². The molecule has 0 fully saturated rings. The molecule has 1 atom stereocenters. The van der Waals surface area contributed by atoms with Crippen molar-refractivity contribution < 1.29 is 18.0 Å². The van der Waals surface area contributed by atoms with E-state index >= 15 is 0 Å². The first-order valence-electron chi connectivity index (χ1n) is 6.67. The summed E-state index contributed by atoms with van der Waals surface area (Å²) in [4.78, 5) is 11.9. The normalized spacial score (nSPS) is 12.5. The highest BCUT2D eigenvalue weighted by Gasteiger charge is 2.20. The predicted octanol–water partition coefficient (Wildman–Crippen LogP) is 4.89. The monoisotopic (exact) mass is 272 g/mol. The van der Waals surface area contributed by atoms with E-state index in [0.717, 1.165) is 37.8 Å². The van der Waals surface area contributed by atoms with Gasteiger partial charge in [-0.15, -0.1) is 0 Å². The van der Waals surface area contributed by atoms with Gasteiger partial charge >= 0.3 is 0 Å². The maximum Gasteiger partial charge on any atom is 0.195 e. The fourth-order valence-corrected chi connectivity index (χ4v) is 2.06. The second-order valence-electron chi connectivity index (χ2n) is 4.77. The molecule has 0 aliphatic rings. The van der Waals surface area contributed by atoms with Crippen LogP contribution in [0.1, 0.15) is 56.3 Å². The van der Waals surface area contributed by atoms with E-state index < -0.39 is 23.2 Å². The second kappa shape index (κ2) is 7.31. The Balaban J connectivity index is 2.80. The van der Waals surface area contributed by atoms with Crippen LogP contribution in [0.2, 0.25) is 0 Å². The van der Waals surface area contributed by atoms with Crippen LogP contribution in [-0.4, -0.2) is 5.78 Å². The Morgan fingerprint density at radius 2 is 1.84 bits per heavy atom. The van der Waals surface area contributed by atoms with E-state index in [1.54, 1.807) is 0 Å². The predicted molar refractivity (Wildman–Crippen MR) is 68.6 cm³/mol. The highest BCUT2D eigenvalue weighted by Crippen LogP contribution is 2.22. The Kier molecular flexibility index (Phi) is 6.06. The van der Waals surface area contributed by atoms with Crippen molar-refractivity contribution in [2.75, 3.05) is 0 Å². The van der Waals surface area contributed by atoms with Gasteiger partial charge in [0, 0.05) is 6.42 Å². The topological polar surface area (TPSA) is 17.1 Å². The summed E-state index contributed by atoms with van der Waals surface area (Å²) in [5.74, 6) is -4.52. The number of carbonyl (C=O) groups excluding carboxylic acids is 1. The number of hydrogen-bond acceptors (Lipinski definition) is 1. The van der Waals surface area contributed by atoms with Crippen LogP contribution in [0, 0.1) is 23.4 Å². The van der Waals surface area contributed by atoms with Crippen molar-refractivity contribution in [3.05, 3.63) is 35.1 Å². The molecular weight excluding hydrogens is 253 g/mol. The molecule has 1 nitrogen and oxygen atoms in total. The molecule has 1 rings (SSSR count). The largest absolute Gasteiger partial charge is 0.294 e. The minimum absolute atomic E-state index is 0.167. The Labute approximate surface area is 111 Å². The molecule has 0 saturated carbocycles. The van der Waals surface area contributed by atoms with Crippen molar-refractivity contribution >= 4 is 5.78 Å². The molecule has 0 N–H and O–H groups in total. The van der Waals surface area contributed by atoms with E-state index in [9.17, 15) is 18.0 Å². The van der Waals surface area contributed by atoms with Gasteiger partial charge in [0.1, 0.15) is 0 Å². The van der Waals surface area contributed by atoms with Crippen LogP contribution >= 0.6 is 0 Å². The molecule has 106 valence electrons. The van der Waals surface area contributed by atoms with Gasteiger partial charge in [-0.1, -0.05) is 39.5 Å². The molecular formula is C15H19F3O. The van der Waals surface area contributed by atoms with Crippen LogP contribution in [-0.2, 0) is 0 Å². The summed E-state index contributed by atoms with van der Waals surface area (Å²) in [6.07, 6.45) is 3.93. The van der Waals surface area contributed by atoms with Gasteiger partial charge in [0.2, 0.25) is 0 Å². The van der Waals surface area contributed by atoms with E-state index in [4.69, 9.17) is 0 Å². The summed E-state index contributed by atoms with van der Waals surface area (Å²) in [5.41, 5.74) is -0.353. The molecule has 0 amide bonds. The standard InChI is InChI=1S/C15H19F3O/c1-3-5-6-10(4-2)9-13(19)11-7-8-12(16)15(18)14(11)17/h7-8,10H,3-6,9H2,1-2H3. The molecule has 0 bridgehead atoms. The minimum Gasteiger partial charge on any atom is -0.294 e. The van der Waals surface area contributed by atoms with E-state index in [2.05, 4.69) is 6.92 Å². The van der Waals surface area contributed by atoms with Crippen LogP contribution in [0.15, 0.2) is 12.1 Å². The van der Waals surface area contributed by atoms with E-state index in [1.165, 1.54) is 0 Å². The SMILES string of the molecule is CCCCC(CC)CC(=O)c1ccc(F)c(F)c1F. The quantitative estimate of drug-likeness (QED) is 0.510. The lowest BCUT2D eigenvalue weighted by molar-refractivity contribution is 0.0951. The second-order valence-corrected chi connectivity index (χ2v) is 4.77. The molecule has 1 unspecified atom stereocenters. The van der Waals surface area contributed by atoms with Crippen LogP contribution in [0.3, 0.4) is 0 Å². The zero-order valence-corrected chi connectivity index (χ0v) is 11.3. The number of hydrogen-bond donors (Lipinski definition) is 0. The summed E-state index contributed by atoms with van der Waals surface area (Å²) >= 11 is 0. The smallest absolute Gasteiger partial charge is 0.195 e. The van der Waals surface area contributed by atoms with Crippen LogP contribution in [0.4, 0.5) is 13.2 Å². The maximum atomic E-state index is 13.5. The Morgan fingerprint density at radius 1 is 1.16 bits per heavy atom. The number of benzene rings is 1. The Morgan fingerprint density at radius 3 is 2.42 bits per heavy atom. The summed E-state index contributed by atoms with van der Waals surface area (Å²) in [6.45, 7) is 4.03. The zero-order chi connectivity index (χ0) is 14.4. The maximum absolute atomic E-state index is 13.5. The van der Waals surface area contributed by atoms with Crippen molar-refractivity contribution in [2.45, 2.75) is 46.0 Å². The molecule has 4 heteroatoms. The number of carbonyl (C=O) groups is 1. The van der Waals surface area contributed by atoms with Crippen molar-refractivity contribution in [3.63, 3.8) is 0 Å². The lowest BCUT2D eigenvalue weighted by atomic mass is 9.91. The Bertz CT molecular complexity index is 443. The summed E-state index contributed by atoms with van der Waals surface area (Å²) in [6, 6.07) is 1.81. The number of rotatable bonds is 7. The highest BCUT2D eigenvalue weighted by molar-refractivity contribution is 5.96. The first kappa shape index (κ1) is 15.7. The molecule has 19 heavy (non-hydrogen) atoms. The van der Waals surface area contributed by atoms with E-state index in [-0.39, 0.29) is 17.9 Å². The lowest BCUT2D eigenvalue weighted by Crippen LogP contribution is -2.11. The average molecular weight is 272 g/mol. The van der Waals surface area contributed by atoms with Gasteiger partial charge in [0.05, 0.1) is 5.56 Å². The van der Waals surface area contributed by atoms with Gasteiger partial charge < -0.3 is 0 Å². The van der Waals surface area contributed by atoms with Gasteiger partial charge in [0.15, 0.2) is 23.2 Å². The Hall–Kier alpha value is -1.32. The van der Waals surface area contributed by atoms with Gasteiger partial charge in [-0.2, -0.15) is 0 Å². The number of ketones is 1. The number of halogens is 3. The molecule has 0 aromatic heterocycles. The number of unbranched alkanes of at least 4 members (excludes halogenated alkanes) is 1. The third-order valence-electron chi connectivity index (χ3n) is 3.35. The minimum atomic E-state index is -1.58. The van der Waals surface area contributed by atoms with Crippen molar-refractivity contribution in [2.24, 2.45) is 5.92 Å². The fourth-order valence-electron chi connectivity index (χ4n) is 2.06. The van der Waals surface area contributed by atoms with Gasteiger partial charge in [0.25, 0.3) is 0 Å². The molecule has 0 spiro atoms.